The van der Waals surface area contributed by atoms with Crippen molar-refractivity contribution in [2.45, 2.75) is 13.8 Å². The van der Waals surface area contributed by atoms with E-state index in [1.807, 2.05) is 78.4 Å². The Kier molecular flexibility index (Phi) is 3.86. The quantitative estimate of drug-likeness (QED) is 0.571. The fraction of sp³-hybridized carbons (Fsp3) is 0.100. The molecule has 0 radical (unpaired) electrons. The number of carbonyl (C=O) groups excluding carboxylic acids is 1. The molecule has 4 nitrogen and oxygen atoms in total. The fourth-order valence-corrected chi connectivity index (χ4v) is 3.53. The average Bonchev–Trinajstić information content (AvgIpc) is 3.22. The zero-order chi connectivity index (χ0) is 17.4. The molecular formula is C20H17N3OS. The Hall–Kier alpha value is -2.92. The molecule has 0 aliphatic carbocycles. The number of carbonyl (C=O) groups is 1. The molecule has 1 N–H and O–H groups in total. The van der Waals surface area contributed by atoms with E-state index < -0.39 is 0 Å². The van der Waals surface area contributed by atoms with E-state index in [0.717, 1.165) is 27.3 Å². The van der Waals surface area contributed by atoms with Crippen molar-refractivity contribution in [3.05, 3.63) is 76.8 Å². The molecule has 0 saturated heterocycles. The molecule has 124 valence electrons. The number of thiophene rings is 1. The summed E-state index contributed by atoms with van der Waals surface area (Å²) in [6.07, 6.45) is 1.95. The third-order valence-corrected chi connectivity index (χ3v) is 4.92. The Morgan fingerprint density at radius 3 is 2.68 bits per heavy atom. The van der Waals surface area contributed by atoms with Gasteiger partial charge in [0, 0.05) is 11.8 Å². The van der Waals surface area contributed by atoms with Gasteiger partial charge < -0.3 is 5.32 Å². The van der Waals surface area contributed by atoms with Crippen LogP contribution in [0.15, 0.2) is 60.1 Å². The van der Waals surface area contributed by atoms with Crippen molar-refractivity contribution in [3.63, 3.8) is 0 Å². The van der Waals surface area contributed by atoms with Crippen LogP contribution in [0.25, 0.3) is 16.2 Å². The van der Waals surface area contributed by atoms with Gasteiger partial charge in [-0.05, 0) is 55.1 Å². The number of nitrogens with one attached hydrogen (secondary N) is 1. The first-order chi connectivity index (χ1) is 12.1. The first-order valence-corrected chi connectivity index (χ1v) is 8.90. The summed E-state index contributed by atoms with van der Waals surface area (Å²) in [6, 6.07) is 15.6. The molecule has 1 amide bonds. The van der Waals surface area contributed by atoms with Gasteiger partial charge in [0.2, 0.25) is 0 Å². The van der Waals surface area contributed by atoms with Gasteiger partial charge in [0.25, 0.3) is 5.91 Å². The Balaban J connectivity index is 1.82. The van der Waals surface area contributed by atoms with Crippen molar-refractivity contribution < 1.29 is 4.79 Å². The van der Waals surface area contributed by atoms with E-state index in [-0.39, 0.29) is 5.91 Å². The van der Waals surface area contributed by atoms with Crippen LogP contribution in [0.5, 0.6) is 0 Å². The molecule has 0 bridgehead atoms. The summed E-state index contributed by atoms with van der Waals surface area (Å²) < 4.78 is 1.93. The van der Waals surface area contributed by atoms with Crippen molar-refractivity contribution in [1.82, 2.24) is 9.38 Å². The van der Waals surface area contributed by atoms with Crippen molar-refractivity contribution >= 4 is 28.7 Å². The number of benzene rings is 1. The van der Waals surface area contributed by atoms with Crippen molar-refractivity contribution in [1.29, 1.82) is 0 Å². The molecule has 5 heteroatoms. The third kappa shape index (κ3) is 2.94. The molecule has 0 aliphatic heterocycles. The highest BCUT2D eigenvalue weighted by Crippen LogP contribution is 2.32. The van der Waals surface area contributed by atoms with Crippen molar-refractivity contribution in [2.24, 2.45) is 0 Å². The van der Waals surface area contributed by atoms with Crippen LogP contribution in [-0.4, -0.2) is 15.3 Å². The molecular weight excluding hydrogens is 330 g/mol. The van der Waals surface area contributed by atoms with E-state index in [2.05, 4.69) is 5.32 Å². The Morgan fingerprint density at radius 2 is 1.92 bits per heavy atom. The zero-order valence-electron chi connectivity index (χ0n) is 14.0. The standard InChI is InChI=1S/C20H17N3OS/c1-13-5-3-6-15(11-13)20(24)22-19-18(16-7-4-10-25-16)21-17-12-14(2)8-9-23(17)19/h3-12H,1-2H3,(H,22,24). The van der Waals surface area contributed by atoms with Crippen LogP contribution >= 0.6 is 11.3 Å². The summed E-state index contributed by atoms with van der Waals surface area (Å²) in [4.78, 5) is 18.5. The van der Waals surface area contributed by atoms with Crippen LogP contribution in [0.4, 0.5) is 5.82 Å². The topological polar surface area (TPSA) is 46.4 Å². The number of rotatable bonds is 3. The smallest absolute Gasteiger partial charge is 0.256 e. The lowest BCUT2D eigenvalue weighted by molar-refractivity contribution is 0.102. The maximum Gasteiger partial charge on any atom is 0.256 e. The lowest BCUT2D eigenvalue weighted by Gasteiger charge is -2.08. The maximum atomic E-state index is 12.7. The number of fused-ring (bicyclic) bond motifs is 1. The molecule has 4 rings (SSSR count). The highest BCUT2D eigenvalue weighted by molar-refractivity contribution is 7.13. The number of hydrogen-bond acceptors (Lipinski definition) is 3. The molecule has 0 saturated carbocycles. The van der Waals surface area contributed by atoms with Crippen LogP contribution in [-0.2, 0) is 0 Å². The number of imidazole rings is 1. The van der Waals surface area contributed by atoms with Gasteiger partial charge in [0.05, 0.1) is 4.88 Å². The summed E-state index contributed by atoms with van der Waals surface area (Å²) in [7, 11) is 0. The number of aromatic nitrogens is 2. The van der Waals surface area contributed by atoms with E-state index in [1.54, 1.807) is 11.3 Å². The van der Waals surface area contributed by atoms with E-state index in [1.165, 1.54) is 0 Å². The van der Waals surface area contributed by atoms with E-state index in [4.69, 9.17) is 4.98 Å². The number of pyridine rings is 1. The van der Waals surface area contributed by atoms with Crippen LogP contribution in [0.2, 0.25) is 0 Å². The van der Waals surface area contributed by atoms with Gasteiger partial charge in [0.15, 0.2) is 0 Å². The summed E-state index contributed by atoms with van der Waals surface area (Å²) in [5.41, 5.74) is 4.44. The van der Waals surface area contributed by atoms with Gasteiger partial charge in [-0.3, -0.25) is 9.20 Å². The largest absolute Gasteiger partial charge is 0.306 e. The summed E-state index contributed by atoms with van der Waals surface area (Å²) >= 11 is 1.61. The summed E-state index contributed by atoms with van der Waals surface area (Å²) in [5.74, 6) is 0.563. The first-order valence-electron chi connectivity index (χ1n) is 8.02. The second-order valence-electron chi connectivity index (χ2n) is 6.04. The number of aryl methyl sites for hydroxylation is 2. The lowest BCUT2D eigenvalue weighted by atomic mass is 10.1. The molecule has 0 unspecified atom stereocenters. The highest BCUT2D eigenvalue weighted by atomic mass is 32.1. The lowest BCUT2D eigenvalue weighted by Crippen LogP contribution is -2.14. The Morgan fingerprint density at radius 1 is 1.08 bits per heavy atom. The third-order valence-electron chi connectivity index (χ3n) is 4.05. The number of hydrogen-bond donors (Lipinski definition) is 1. The highest BCUT2D eigenvalue weighted by Gasteiger charge is 2.18. The van der Waals surface area contributed by atoms with Gasteiger partial charge >= 0.3 is 0 Å². The normalized spacial score (nSPS) is 11.0. The Labute approximate surface area is 149 Å². The van der Waals surface area contributed by atoms with Gasteiger partial charge in [-0.25, -0.2) is 4.98 Å². The minimum atomic E-state index is -0.135. The number of amides is 1. The van der Waals surface area contributed by atoms with Crippen LogP contribution in [0, 0.1) is 13.8 Å². The van der Waals surface area contributed by atoms with E-state index in [9.17, 15) is 4.79 Å². The molecule has 25 heavy (non-hydrogen) atoms. The van der Waals surface area contributed by atoms with E-state index in [0.29, 0.717) is 11.4 Å². The van der Waals surface area contributed by atoms with Gasteiger partial charge in [-0.15, -0.1) is 11.3 Å². The molecule has 0 spiro atoms. The number of nitrogens with zero attached hydrogens (tertiary/aromatic N) is 2. The second-order valence-corrected chi connectivity index (χ2v) is 6.99. The minimum Gasteiger partial charge on any atom is -0.306 e. The predicted octanol–water partition coefficient (Wildman–Crippen LogP) is 4.93. The average molecular weight is 347 g/mol. The van der Waals surface area contributed by atoms with Gasteiger partial charge in [-0.1, -0.05) is 23.8 Å². The summed E-state index contributed by atoms with van der Waals surface area (Å²) in [6.45, 7) is 4.01. The van der Waals surface area contributed by atoms with Crippen LogP contribution in [0.3, 0.4) is 0 Å². The first kappa shape index (κ1) is 15.6. The molecule has 3 aromatic heterocycles. The monoisotopic (exact) mass is 347 g/mol. The summed E-state index contributed by atoms with van der Waals surface area (Å²) in [5, 5.41) is 5.06. The van der Waals surface area contributed by atoms with E-state index >= 15 is 0 Å². The minimum absolute atomic E-state index is 0.135. The maximum absolute atomic E-state index is 12.7. The SMILES string of the molecule is Cc1cccc(C(=O)Nc2c(-c3cccs3)nc3cc(C)ccn23)c1. The zero-order valence-corrected chi connectivity index (χ0v) is 14.8. The molecule has 0 atom stereocenters. The molecule has 1 aromatic carbocycles. The molecule has 0 aliphatic rings. The molecule has 0 fully saturated rings. The van der Waals surface area contributed by atoms with Crippen molar-refractivity contribution in [3.8, 4) is 10.6 Å². The van der Waals surface area contributed by atoms with Crippen LogP contribution in [0.1, 0.15) is 21.5 Å². The van der Waals surface area contributed by atoms with Gasteiger partial charge in [0.1, 0.15) is 17.2 Å². The van der Waals surface area contributed by atoms with Gasteiger partial charge in [-0.2, -0.15) is 0 Å². The second kappa shape index (κ2) is 6.18. The fourth-order valence-electron chi connectivity index (χ4n) is 2.82. The Bertz CT molecular complexity index is 1060. The van der Waals surface area contributed by atoms with Crippen molar-refractivity contribution in [2.75, 3.05) is 5.32 Å². The van der Waals surface area contributed by atoms with Crippen LogP contribution < -0.4 is 5.32 Å². The molecule has 4 aromatic rings. The number of anilines is 1. The molecule has 3 heterocycles. The predicted molar refractivity (Wildman–Crippen MR) is 102 cm³/mol.